The van der Waals surface area contributed by atoms with Crippen LogP contribution in [0.15, 0.2) is 66.0 Å². The first-order valence-corrected chi connectivity index (χ1v) is 21.5. The maximum Gasteiger partial charge on any atom is 0.174 e. The molecule has 0 amide bonds. The number of aromatic nitrogens is 2. The lowest BCUT2D eigenvalue weighted by Gasteiger charge is -2.23. The van der Waals surface area contributed by atoms with E-state index in [1.54, 1.807) is 50.3 Å². The number of ether oxygens (including phenoxy) is 12. The van der Waals surface area contributed by atoms with E-state index in [1.165, 1.54) is 12.1 Å². The van der Waals surface area contributed by atoms with E-state index in [0.29, 0.717) is 134 Å². The molecule has 1 heterocycles. The minimum atomic E-state index is -0.760. The fourth-order valence-corrected chi connectivity index (χ4v) is 6.61. The van der Waals surface area contributed by atoms with E-state index in [1.807, 2.05) is 24.1 Å². The Kier molecular flexibility index (Phi) is 25.2. The van der Waals surface area contributed by atoms with Crippen molar-refractivity contribution in [1.29, 1.82) is 0 Å². The normalized spacial score (nSPS) is 11.3. The number of thioether (sulfide) groups is 1. The van der Waals surface area contributed by atoms with Crippen LogP contribution in [0.5, 0.6) is 17.2 Å². The number of hydrogen-bond acceptors (Lipinski definition) is 15. The molecule has 4 aromatic rings. The number of rotatable bonds is 36. The molecule has 0 saturated heterocycles. The summed E-state index contributed by atoms with van der Waals surface area (Å²) >= 11 is 1.13. The molecule has 0 radical (unpaired) electrons. The van der Waals surface area contributed by atoms with E-state index in [9.17, 15) is 4.39 Å². The summed E-state index contributed by atoms with van der Waals surface area (Å²) in [7, 11) is 6.57. The Balaban J connectivity index is 1.05. The van der Waals surface area contributed by atoms with E-state index >= 15 is 8.78 Å². The Labute approximate surface area is 371 Å². The Hall–Kier alpha value is -4.15. The molecule has 0 fully saturated rings. The molecule has 0 N–H and O–H groups in total. The first kappa shape index (κ1) is 51.5. The highest BCUT2D eigenvalue weighted by Gasteiger charge is 2.20. The highest BCUT2D eigenvalue weighted by molar-refractivity contribution is 7.98. The average molecular weight is 912 g/mol. The molecule has 350 valence electrons. The van der Waals surface area contributed by atoms with Crippen LogP contribution in [-0.2, 0) is 48.4 Å². The lowest BCUT2D eigenvalue weighted by atomic mass is 10.2. The summed E-state index contributed by atoms with van der Waals surface area (Å²) in [6.45, 7) is 7.70. The predicted octanol–water partition coefficient (Wildman–Crippen LogP) is 6.53. The molecule has 4 rings (SSSR count). The Morgan fingerprint density at radius 3 is 1.48 bits per heavy atom. The number of hydrogen-bond donors (Lipinski definition) is 0. The average Bonchev–Trinajstić information content (AvgIpc) is 3.72. The zero-order valence-corrected chi connectivity index (χ0v) is 37.3. The van der Waals surface area contributed by atoms with Gasteiger partial charge in [-0.3, -0.25) is 4.57 Å². The molecule has 0 saturated carbocycles. The van der Waals surface area contributed by atoms with Crippen molar-refractivity contribution in [2.24, 2.45) is 0 Å². The molecule has 63 heavy (non-hydrogen) atoms. The van der Waals surface area contributed by atoms with Crippen molar-refractivity contribution in [2.45, 2.75) is 10.9 Å². The monoisotopic (exact) mass is 911 g/mol. The van der Waals surface area contributed by atoms with Gasteiger partial charge in [0.2, 0.25) is 0 Å². The van der Waals surface area contributed by atoms with Crippen molar-refractivity contribution in [1.82, 2.24) is 9.55 Å². The van der Waals surface area contributed by atoms with Crippen LogP contribution in [0.25, 0.3) is 5.69 Å². The third kappa shape index (κ3) is 18.8. The van der Waals surface area contributed by atoms with E-state index in [2.05, 4.69) is 4.98 Å². The number of halogens is 3. The Morgan fingerprint density at radius 2 is 1.02 bits per heavy atom. The molecule has 0 atom stereocenters. The van der Waals surface area contributed by atoms with Crippen LogP contribution in [0.4, 0.5) is 24.7 Å². The summed E-state index contributed by atoms with van der Waals surface area (Å²) in [5.74, 6) is -0.238. The Morgan fingerprint density at radius 1 is 0.556 bits per heavy atom. The number of imidazole rings is 1. The van der Waals surface area contributed by atoms with Crippen LogP contribution in [0.3, 0.4) is 0 Å². The van der Waals surface area contributed by atoms with Crippen molar-refractivity contribution in [3.8, 4) is 22.9 Å². The highest BCUT2D eigenvalue weighted by atomic mass is 32.2. The third-order valence-corrected chi connectivity index (χ3v) is 9.87. The van der Waals surface area contributed by atoms with Gasteiger partial charge in [-0.05, 0) is 36.4 Å². The zero-order valence-electron chi connectivity index (χ0n) is 36.5. The summed E-state index contributed by atoms with van der Waals surface area (Å²) < 4.78 is 111. The fraction of sp³-hybridized carbons (Fsp3) is 0.523. The minimum Gasteiger partial charge on any atom is -0.493 e. The van der Waals surface area contributed by atoms with E-state index < -0.39 is 17.5 Å². The Bertz CT molecular complexity index is 1820. The van der Waals surface area contributed by atoms with Gasteiger partial charge in [0.1, 0.15) is 35.6 Å². The summed E-state index contributed by atoms with van der Waals surface area (Å²) in [5.41, 5.74) is 1.22. The molecule has 0 spiro atoms. The second-order valence-electron chi connectivity index (χ2n) is 13.2. The molecule has 0 bridgehead atoms. The molecule has 0 aliphatic heterocycles. The number of nitrogens with zero attached hydrogens (tertiary/aromatic N) is 3. The smallest absolute Gasteiger partial charge is 0.174 e. The van der Waals surface area contributed by atoms with Crippen LogP contribution in [0.2, 0.25) is 0 Å². The zero-order chi connectivity index (χ0) is 44.9. The van der Waals surface area contributed by atoms with Crippen LogP contribution in [0.1, 0.15) is 5.56 Å². The molecule has 15 nitrogen and oxygen atoms in total. The molecule has 0 unspecified atom stereocenters. The highest BCUT2D eigenvalue weighted by Crippen LogP contribution is 2.37. The molecule has 19 heteroatoms. The van der Waals surface area contributed by atoms with Gasteiger partial charge in [0.25, 0.3) is 0 Å². The van der Waals surface area contributed by atoms with Crippen molar-refractivity contribution in [3.05, 3.63) is 83.8 Å². The molecule has 3 aromatic carbocycles. The van der Waals surface area contributed by atoms with E-state index in [0.717, 1.165) is 29.6 Å². The summed E-state index contributed by atoms with van der Waals surface area (Å²) in [6, 6.07) is 13.6. The molecular weight excluding hydrogens is 852 g/mol. The van der Waals surface area contributed by atoms with Crippen LogP contribution >= 0.6 is 11.8 Å². The molecule has 1 aromatic heterocycles. The van der Waals surface area contributed by atoms with Gasteiger partial charge in [0, 0.05) is 55.0 Å². The van der Waals surface area contributed by atoms with Gasteiger partial charge in [-0.25, -0.2) is 18.2 Å². The summed E-state index contributed by atoms with van der Waals surface area (Å²) in [4.78, 5) is 6.44. The van der Waals surface area contributed by atoms with E-state index in [-0.39, 0.29) is 30.3 Å². The topological polar surface area (TPSA) is 132 Å². The number of methoxy groups -OCH3 is 3. The van der Waals surface area contributed by atoms with Gasteiger partial charge in [-0.2, -0.15) is 0 Å². The van der Waals surface area contributed by atoms with Crippen LogP contribution in [0, 0.1) is 17.5 Å². The molecular formula is C44H60F3N3O12S. The standard InChI is InChI=1S/C44H60F3N3O12S/c1-49(36-9-10-41(52-3)42(29-36)53-4)43-32-48-44(50(43)35-7-5-34(45)6-8-35)63-33-38-39(46)30-37(31-40(38)47)62-28-27-61-26-25-60-24-23-59-22-21-58-20-19-57-18-17-56-16-15-55-14-13-54-12-11-51-2/h5-10,29-32H,11-28,33H2,1-4H3. The summed E-state index contributed by atoms with van der Waals surface area (Å²) in [6.07, 6.45) is 1.64. The van der Waals surface area contributed by atoms with Gasteiger partial charge in [0.15, 0.2) is 16.7 Å². The lowest BCUT2D eigenvalue weighted by molar-refractivity contribution is -0.0247. The largest absolute Gasteiger partial charge is 0.493 e. The van der Waals surface area contributed by atoms with Crippen LogP contribution < -0.4 is 19.1 Å². The van der Waals surface area contributed by atoms with Gasteiger partial charge >= 0.3 is 0 Å². The van der Waals surface area contributed by atoms with Crippen molar-refractivity contribution in [2.75, 3.05) is 152 Å². The molecule has 0 aliphatic rings. The maximum absolute atomic E-state index is 15.3. The van der Waals surface area contributed by atoms with Crippen molar-refractivity contribution < 1.29 is 70.0 Å². The summed E-state index contributed by atoms with van der Waals surface area (Å²) in [5, 5.41) is 0.438. The second kappa shape index (κ2) is 30.8. The number of benzene rings is 3. The second-order valence-corrected chi connectivity index (χ2v) is 14.1. The maximum atomic E-state index is 15.3. The van der Waals surface area contributed by atoms with Crippen molar-refractivity contribution in [3.63, 3.8) is 0 Å². The van der Waals surface area contributed by atoms with Gasteiger partial charge in [0.05, 0.1) is 133 Å². The van der Waals surface area contributed by atoms with Crippen LogP contribution in [-0.4, -0.2) is 157 Å². The third-order valence-electron chi connectivity index (χ3n) is 8.89. The first-order valence-electron chi connectivity index (χ1n) is 20.5. The lowest BCUT2D eigenvalue weighted by Crippen LogP contribution is -2.15. The predicted molar refractivity (Wildman–Crippen MR) is 231 cm³/mol. The van der Waals surface area contributed by atoms with E-state index in [4.69, 9.17) is 56.8 Å². The van der Waals surface area contributed by atoms with Crippen molar-refractivity contribution >= 4 is 23.3 Å². The van der Waals surface area contributed by atoms with Gasteiger partial charge < -0.3 is 61.7 Å². The quantitative estimate of drug-likeness (QED) is 0.0362. The fourth-order valence-electron chi connectivity index (χ4n) is 5.60. The van der Waals surface area contributed by atoms with Gasteiger partial charge in [-0.1, -0.05) is 11.8 Å². The first-order chi connectivity index (χ1) is 30.9. The number of anilines is 2. The molecule has 0 aliphatic carbocycles. The SMILES string of the molecule is COCCOCCOCCOCCOCCOCCOCCOCCOCCOc1cc(F)c(CSc2ncc(N(C)c3ccc(OC)c(OC)c3)n2-c2ccc(F)cc2)c(F)c1. The van der Waals surface area contributed by atoms with Gasteiger partial charge in [-0.15, -0.1) is 0 Å². The minimum absolute atomic E-state index is 0.0400.